The number of aliphatic carboxylic acids is 1. The summed E-state index contributed by atoms with van der Waals surface area (Å²) in [6.07, 6.45) is 0. The Balaban J connectivity index is 3.17. The Morgan fingerprint density at radius 2 is 2.24 bits per heavy atom. The first kappa shape index (κ1) is 13.7. The SMILES string of the molecule is CC(Sc1cc(F)c(Cl)cc1[N+](=O)[O-])C(=O)O. The molecule has 1 atom stereocenters. The Morgan fingerprint density at radius 1 is 1.65 bits per heavy atom. The number of nitrogens with zero attached hydrogens (tertiary/aromatic N) is 1. The normalized spacial score (nSPS) is 12.2. The van der Waals surface area contributed by atoms with Gasteiger partial charge in [-0.05, 0) is 13.0 Å². The van der Waals surface area contributed by atoms with Gasteiger partial charge in [-0.2, -0.15) is 0 Å². The molecule has 0 radical (unpaired) electrons. The predicted molar refractivity (Wildman–Crippen MR) is 61.0 cm³/mol. The number of hydrogen-bond acceptors (Lipinski definition) is 4. The first-order valence-electron chi connectivity index (χ1n) is 4.36. The minimum Gasteiger partial charge on any atom is -0.480 e. The summed E-state index contributed by atoms with van der Waals surface area (Å²) in [7, 11) is 0. The number of carboxylic acid groups (broad SMARTS) is 1. The van der Waals surface area contributed by atoms with E-state index >= 15 is 0 Å². The Morgan fingerprint density at radius 3 is 2.71 bits per heavy atom. The van der Waals surface area contributed by atoms with Gasteiger partial charge in [-0.3, -0.25) is 14.9 Å². The fraction of sp³-hybridized carbons (Fsp3) is 0.222. The number of benzene rings is 1. The van der Waals surface area contributed by atoms with Crippen LogP contribution < -0.4 is 0 Å². The van der Waals surface area contributed by atoms with Crippen LogP contribution in [0.4, 0.5) is 10.1 Å². The van der Waals surface area contributed by atoms with Crippen LogP contribution in [0.25, 0.3) is 0 Å². The largest absolute Gasteiger partial charge is 0.480 e. The molecule has 0 fully saturated rings. The van der Waals surface area contributed by atoms with E-state index in [9.17, 15) is 19.3 Å². The third-order valence-corrected chi connectivity index (χ3v) is 3.28. The summed E-state index contributed by atoms with van der Waals surface area (Å²) in [6, 6.07) is 1.73. The molecule has 0 aromatic heterocycles. The zero-order valence-electron chi connectivity index (χ0n) is 8.52. The number of thioether (sulfide) groups is 1. The second kappa shape index (κ2) is 5.33. The molecular formula is C9H7ClFNO4S. The van der Waals surface area contributed by atoms with Gasteiger partial charge in [0.05, 0.1) is 14.8 Å². The van der Waals surface area contributed by atoms with Crippen molar-refractivity contribution in [1.29, 1.82) is 0 Å². The number of halogens is 2. The monoisotopic (exact) mass is 279 g/mol. The lowest BCUT2D eigenvalue weighted by Gasteiger charge is -2.07. The van der Waals surface area contributed by atoms with Crippen molar-refractivity contribution in [3.63, 3.8) is 0 Å². The molecule has 0 amide bonds. The lowest BCUT2D eigenvalue weighted by molar-refractivity contribution is -0.387. The second-order valence-corrected chi connectivity index (χ2v) is 4.88. The first-order valence-corrected chi connectivity index (χ1v) is 5.61. The number of hydrogen-bond donors (Lipinski definition) is 1. The highest BCUT2D eigenvalue weighted by molar-refractivity contribution is 8.00. The number of rotatable bonds is 4. The van der Waals surface area contributed by atoms with Crippen LogP contribution in [0, 0.1) is 15.9 Å². The zero-order valence-corrected chi connectivity index (χ0v) is 10.1. The number of nitro benzene ring substituents is 1. The van der Waals surface area contributed by atoms with Gasteiger partial charge in [0.25, 0.3) is 5.69 Å². The van der Waals surface area contributed by atoms with Crippen molar-refractivity contribution in [2.75, 3.05) is 0 Å². The predicted octanol–water partition coefficient (Wildman–Crippen LogP) is 2.95. The Bertz CT molecular complexity index is 482. The molecule has 0 saturated heterocycles. The molecule has 0 aliphatic carbocycles. The molecule has 0 aliphatic rings. The molecule has 0 saturated carbocycles. The quantitative estimate of drug-likeness (QED) is 0.521. The minimum absolute atomic E-state index is 0.0631. The van der Waals surface area contributed by atoms with E-state index in [1.807, 2.05) is 0 Å². The van der Waals surface area contributed by atoms with Crippen molar-refractivity contribution in [3.8, 4) is 0 Å². The summed E-state index contributed by atoms with van der Waals surface area (Å²) in [6.45, 7) is 1.35. The zero-order chi connectivity index (χ0) is 13.2. The molecule has 92 valence electrons. The third kappa shape index (κ3) is 3.31. The summed E-state index contributed by atoms with van der Waals surface area (Å²) < 4.78 is 13.2. The number of carbonyl (C=O) groups is 1. The second-order valence-electron chi connectivity index (χ2n) is 3.09. The summed E-state index contributed by atoms with van der Waals surface area (Å²) in [5, 5.41) is 18.1. The van der Waals surface area contributed by atoms with E-state index in [1.165, 1.54) is 6.92 Å². The van der Waals surface area contributed by atoms with E-state index in [4.69, 9.17) is 16.7 Å². The van der Waals surface area contributed by atoms with E-state index < -0.39 is 27.6 Å². The lowest BCUT2D eigenvalue weighted by Crippen LogP contribution is -2.11. The van der Waals surface area contributed by atoms with Crippen molar-refractivity contribution in [1.82, 2.24) is 0 Å². The molecule has 0 bridgehead atoms. The number of nitro groups is 1. The van der Waals surface area contributed by atoms with Crippen LogP contribution in [0.5, 0.6) is 0 Å². The summed E-state index contributed by atoms with van der Waals surface area (Å²) in [5.74, 6) is -1.96. The van der Waals surface area contributed by atoms with Gasteiger partial charge in [-0.15, -0.1) is 11.8 Å². The van der Waals surface area contributed by atoms with E-state index in [0.717, 1.165) is 12.1 Å². The van der Waals surface area contributed by atoms with Crippen molar-refractivity contribution in [2.45, 2.75) is 17.1 Å². The maximum atomic E-state index is 13.2. The van der Waals surface area contributed by atoms with E-state index in [2.05, 4.69) is 0 Å². The van der Waals surface area contributed by atoms with Crippen molar-refractivity contribution in [3.05, 3.63) is 33.1 Å². The molecule has 1 aromatic rings. The fourth-order valence-electron chi connectivity index (χ4n) is 0.996. The highest BCUT2D eigenvalue weighted by Crippen LogP contribution is 2.35. The average Bonchev–Trinajstić information content (AvgIpc) is 2.22. The van der Waals surface area contributed by atoms with Crippen molar-refractivity contribution < 1.29 is 19.2 Å². The van der Waals surface area contributed by atoms with Gasteiger partial charge in [-0.1, -0.05) is 11.6 Å². The maximum absolute atomic E-state index is 13.2. The van der Waals surface area contributed by atoms with Crippen LogP contribution in [0.2, 0.25) is 5.02 Å². The summed E-state index contributed by atoms with van der Waals surface area (Å²) in [4.78, 5) is 20.5. The van der Waals surface area contributed by atoms with Crippen LogP contribution >= 0.6 is 23.4 Å². The van der Waals surface area contributed by atoms with Crippen LogP contribution in [0.15, 0.2) is 17.0 Å². The molecule has 0 aliphatic heterocycles. The molecule has 8 heteroatoms. The van der Waals surface area contributed by atoms with E-state index in [-0.39, 0.29) is 9.92 Å². The number of carboxylic acids is 1. The molecule has 1 rings (SSSR count). The first-order chi connectivity index (χ1) is 7.82. The molecule has 17 heavy (non-hydrogen) atoms. The topological polar surface area (TPSA) is 80.4 Å². The molecule has 0 heterocycles. The Hall–Kier alpha value is -1.34. The lowest BCUT2D eigenvalue weighted by atomic mass is 10.3. The molecule has 1 aromatic carbocycles. The fourth-order valence-corrected chi connectivity index (χ4v) is 2.06. The van der Waals surface area contributed by atoms with Gasteiger partial charge in [0.15, 0.2) is 0 Å². The van der Waals surface area contributed by atoms with Gasteiger partial charge in [0.1, 0.15) is 11.1 Å². The Labute approximate surface area is 105 Å². The van der Waals surface area contributed by atoms with Gasteiger partial charge in [-0.25, -0.2) is 4.39 Å². The van der Waals surface area contributed by atoms with Gasteiger partial charge >= 0.3 is 5.97 Å². The summed E-state index contributed by atoms with van der Waals surface area (Å²) >= 11 is 6.11. The standard InChI is InChI=1S/C9H7ClFNO4S/c1-4(9(13)14)17-8-3-6(11)5(10)2-7(8)12(15)16/h2-4H,1H3,(H,13,14). The maximum Gasteiger partial charge on any atom is 0.316 e. The molecular weight excluding hydrogens is 273 g/mol. The highest BCUT2D eigenvalue weighted by Gasteiger charge is 2.22. The molecule has 0 spiro atoms. The highest BCUT2D eigenvalue weighted by atomic mass is 35.5. The van der Waals surface area contributed by atoms with Crippen molar-refractivity contribution in [2.24, 2.45) is 0 Å². The molecule has 1 unspecified atom stereocenters. The van der Waals surface area contributed by atoms with Gasteiger partial charge < -0.3 is 5.11 Å². The molecule has 5 nitrogen and oxygen atoms in total. The Kier molecular flexibility index (Phi) is 4.30. The van der Waals surface area contributed by atoms with Crippen LogP contribution in [0.1, 0.15) is 6.92 Å². The van der Waals surface area contributed by atoms with Crippen LogP contribution in [-0.4, -0.2) is 21.2 Å². The van der Waals surface area contributed by atoms with Gasteiger partial charge in [0.2, 0.25) is 0 Å². The van der Waals surface area contributed by atoms with Gasteiger partial charge in [0, 0.05) is 6.07 Å². The van der Waals surface area contributed by atoms with E-state index in [1.54, 1.807) is 0 Å². The summed E-state index contributed by atoms with van der Waals surface area (Å²) in [5.41, 5.74) is -0.408. The minimum atomic E-state index is -1.14. The smallest absolute Gasteiger partial charge is 0.316 e. The van der Waals surface area contributed by atoms with Crippen molar-refractivity contribution >= 4 is 35.0 Å². The van der Waals surface area contributed by atoms with Crippen LogP contribution in [-0.2, 0) is 4.79 Å². The average molecular weight is 280 g/mol. The van der Waals surface area contributed by atoms with Crippen LogP contribution in [0.3, 0.4) is 0 Å². The van der Waals surface area contributed by atoms with E-state index in [0.29, 0.717) is 11.8 Å². The third-order valence-electron chi connectivity index (χ3n) is 1.85. The molecule has 1 N–H and O–H groups in total.